The Hall–Kier alpha value is -4.58. The molecule has 6 heteroatoms. The van der Waals surface area contributed by atoms with Crippen molar-refractivity contribution in [3.05, 3.63) is 125 Å². The summed E-state index contributed by atoms with van der Waals surface area (Å²) in [6, 6.07) is 32.1. The molecule has 35 heavy (non-hydrogen) atoms. The number of hydrogen-bond acceptors (Lipinski definition) is 5. The molecule has 1 amide bonds. The molecule has 6 nitrogen and oxygen atoms in total. The maximum Gasteiger partial charge on any atom is 0.271 e. The number of carbonyl (C=O) groups excluding carboxylic acids is 1. The predicted molar refractivity (Wildman–Crippen MR) is 136 cm³/mol. The first-order chi connectivity index (χ1) is 17.2. The first-order valence-corrected chi connectivity index (χ1v) is 11.2. The SMILES string of the molecule is COc1cc(COc2ccccc2/C=N/NC(=O)c2ccccc2)ccc1OCc1ccccc1. The highest BCUT2D eigenvalue weighted by molar-refractivity contribution is 5.95. The van der Waals surface area contributed by atoms with Crippen LogP contribution in [0.1, 0.15) is 27.0 Å². The number of nitrogens with one attached hydrogen (secondary N) is 1. The summed E-state index contributed by atoms with van der Waals surface area (Å²) in [5, 5.41) is 4.08. The molecule has 0 heterocycles. The quantitative estimate of drug-likeness (QED) is 0.243. The van der Waals surface area contributed by atoms with Gasteiger partial charge >= 0.3 is 0 Å². The Balaban J connectivity index is 1.37. The van der Waals surface area contributed by atoms with Crippen molar-refractivity contribution in [2.45, 2.75) is 13.2 Å². The number of rotatable bonds is 10. The molecule has 0 bridgehead atoms. The Morgan fingerprint density at radius 1 is 0.743 bits per heavy atom. The molecule has 0 atom stereocenters. The van der Waals surface area contributed by atoms with Crippen LogP contribution in [0.15, 0.2) is 108 Å². The van der Waals surface area contributed by atoms with Crippen molar-refractivity contribution in [1.29, 1.82) is 0 Å². The van der Waals surface area contributed by atoms with Gasteiger partial charge in [-0.2, -0.15) is 5.10 Å². The second-order valence-electron chi connectivity index (χ2n) is 7.65. The van der Waals surface area contributed by atoms with Crippen molar-refractivity contribution in [3.8, 4) is 17.2 Å². The summed E-state index contributed by atoms with van der Waals surface area (Å²) in [6.07, 6.45) is 1.57. The highest BCUT2D eigenvalue weighted by Crippen LogP contribution is 2.29. The Bertz CT molecular complexity index is 1270. The van der Waals surface area contributed by atoms with Crippen LogP contribution in [0.2, 0.25) is 0 Å². The lowest BCUT2D eigenvalue weighted by Gasteiger charge is -2.13. The van der Waals surface area contributed by atoms with E-state index in [4.69, 9.17) is 14.2 Å². The van der Waals surface area contributed by atoms with E-state index >= 15 is 0 Å². The molecule has 0 spiro atoms. The Morgan fingerprint density at radius 2 is 1.40 bits per heavy atom. The fraction of sp³-hybridized carbons (Fsp3) is 0.103. The number of hydrogen-bond donors (Lipinski definition) is 1. The van der Waals surface area contributed by atoms with Gasteiger partial charge in [0.2, 0.25) is 0 Å². The smallest absolute Gasteiger partial charge is 0.271 e. The molecule has 0 unspecified atom stereocenters. The van der Waals surface area contributed by atoms with Crippen molar-refractivity contribution < 1.29 is 19.0 Å². The number of carbonyl (C=O) groups is 1. The van der Waals surface area contributed by atoms with E-state index < -0.39 is 0 Å². The van der Waals surface area contributed by atoms with Crippen LogP contribution < -0.4 is 19.6 Å². The molecule has 4 rings (SSSR count). The van der Waals surface area contributed by atoms with Gasteiger partial charge in [-0.15, -0.1) is 0 Å². The molecule has 4 aromatic carbocycles. The lowest BCUT2D eigenvalue weighted by Crippen LogP contribution is -2.17. The molecule has 0 saturated carbocycles. The van der Waals surface area contributed by atoms with E-state index in [-0.39, 0.29) is 5.91 Å². The van der Waals surface area contributed by atoms with Crippen LogP contribution in [0.5, 0.6) is 17.2 Å². The highest BCUT2D eigenvalue weighted by Gasteiger charge is 2.08. The van der Waals surface area contributed by atoms with Crippen LogP contribution in [0, 0.1) is 0 Å². The lowest BCUT2D eigenvalue weighted by molar-refractivity contribution is 0.0955. The lowest BCUT2D eigenvalue weighted by atomic mass is 10.2. The van der Waals surface area contributed by atoms with E-state index in [1.165, 1.54) is 0 Å². The molecule has 0 saturated heterocycles. The van der Waals surface area contributed by atoms with Gasteiger partial charge in [0.25, 0.3) is 5.91 Å². The third-order valence-corrected chi connectivity index (χ3v) is 5.18. The molecule has 1 N–H and O–H groups in total. The van der Waals surface area contributed by atoms with E-state index in [1.807, 2.05) is 78.9 Å². The molecule has 0 fully saturated rings. The minimum Gasteiger partial charge on any atom is -0.493 e. The summed E-state index contributed by atoms with van der Waals surface area (Å²) in [4.78, 5) is 12.2. The average molecular weight is 467 g/mol. The summed E-state index contributed by atoms with van der Waals surface area (Å²) < 4.78 is 17.5. The largest absolute Gasteiger partial charge is 0.493 e. The van der Waals surface area contributed by atoms with Crippen molar-refractivity contribution in [2.75, 3.05) is 7.11 Å². The van der Waals surface area contributed by atoms with Gasteiger partial charge < -0.3 is 14.2 Å². The number of nitrogens with zero attached hydrogens (tertiary/aromatic N) is 1. The van der Waals surface area contributed by atoms with Crippen molar-refractivity contribution in [2.24, 2.45) is 5.10 Å². The normalized spacial score (nSPS) is 10.7. The molecule has 176 valence electrons. The molecular formula is C29H26N2O4. The van der Waals surface area contributed by atoms with Gasteiger partial charge in [-0.25, -0.2) is 5.43 Å². The maximum atomic E-state index is 12.2. The van der Waals surface area contributed by atoms with Crippen LogP contribution in [-0.2, 0) is 13.2 Å². The van der Waals surface area contributed by atoms with Crippen LogP contribution in [0.25, 0.3) is 0 Å². The highest BCUT2D eigenvalue weighted by atomic mass is 16.5. The summed E-state index contributed by atoms with van der Waals surface area (Å²) in [5.74, 6) is 1.68. The second kappa shape index (κ2) is 12.0. The molecule has 0 aliphatic rings. The Kier molecular flexibility index (Phi) is 8.11. The second-order valence-corrected chi connectivity index (χ2v) is 7.65. The molecule has 0 aromatic heterocycles. The summed E-state index contributed by atoms with van der Waals surface area (Å²) in [6.45, 7) is 0.789. The summed E-state index contributed by atoms with van der Waals surface area (Å²) >= 11 is 0. The number of methoxy groups -OCH3 is 1. The number of para-hydroxylation sites is 1. The Labute approximate surface area is 204 Å². The van der Waals surface area contributed by atoms with E-state index in [0.717, 1.165) is 16.7 Å². The van der Waals surface area contributed by atoms with Crippen LogP contribution >= 0.6 is 0 Å². The predicted octanol–water partition coefficient (Wildman–Crippen LogP) is 5.62. The van der Waals surface area contributed by atoms with Gasteiger partial charge in [0, 0.05) is 11.1 Å². The van der Waals surface area contributed by atoms with Gasteiger partial charge in [-0.1, -0.05) is 66.7 Å². The van der Waals surface area contributed by atoms with Crippen molar-refractivity contribution in [3.63, 3.8) is 0 Å². The number of benzene rings is 4. The maximum absolute atomic E-state index is 12.2. The van der Waals surface area contributed by atoms with E-state index in [1.54, 1.807) is 37.6 Å². The number of ether oxygens (including phenoxy) is 3. The minimum absolute atomic E-state index is 0.276. The summed E-state index contributed by atoms with van der Waals surface area (Å²) in [7, 11) is 1.62. The topological polar surface area (TPSA) is 69.2 Å². The Morgan fingerprint density at radius 3 is 2.17 bits per heavy atom. The van der Waals surface area contributed by atoms with Gasteiger partial charge in [0.05, 0.1) is 13.3 Å². The zero-order valence-electron chi connectivity index (χ0n) is 19.4. The third kappa shape index (κ3) is 6.71. The first-order valence-electron chi connectivity index (χ1n) is 11.2. The van der Waals surface area contributed by atoms with Crippen LogP contribution in [-0.4, -0.2) is 19.2 Å². The van der Waals surface area contributed by atoms with Gasteiger partial charge in [-0.05, 0) is 47.5 Å². The standard InChI is InChI=1S/C29H26N2O4/c1-33-28-18-23(16-17-27(28)35-20-22-10-4-2-5-11-22)21-34-26-15-9-8-14-25(26)19-30-31-29(32)24-12-6-3-7-13-24/h2-19H,20-21H2,1H3,(H,31,32)/b30-19+. The third-order valence-electron chi connectivity index (χ3n) is 5.18. The first kappa shape index (κ1) is 23.6. The zero-order valence-corrected chi connectivity index (χ0v) is 19.4. The molecule has 0 radical (unpaired) electrons. The monoisotopic (exact) mass is 466 g/mol. The zero-order chi connectivity index (χ0) is 24.3. The molecular weight excluding hydrogens is 440 g/mol. The summed E-state index contributed by atoms with van der Waals surface area (Å²) in [5.41, 5.74) is 5.84. The van der Waals surface area contributed by atoms with Crippen molar-refractivity contribution >= 4 is 12.1 Å². The van der Waals surface area contributed by atoms with E-state index in [9.17, 15) is 4.79 Å². The van der Waals surface area contributed by atoms with Crippen LogP contribution in [0.4, 0.5) is 0 Å². The number of hydrazone groups is 1. The van der Waals surface area contributed by atoms with Crippen LogP contribution in [0.3, 0.4) is 0 Å². The molecule has 0 aliphatic carbocycles. The fourth-order valence-corrected chi connectivity index (χ4v) is 3.35. The van der Waals surface area contributed by atoms with E-state index in [0.29, 0.717) is 36.0 Å². The van der Waals surface area contributed by atoms with Gasteiger partial charge in [0.1, 0.15) is 19.0 Å². The molecule has 4 aromatic rings. The fourth-order valence-electron chi connectivity index (χ4n) is 3.35. The minimum atomic E-state index is -0.276. The average Bonchev–Trinajstić information content (AvgIpc) is 2.92. The van der Waals surface area contributed by atoms with E-state index in [2.05, 4.69) is 10.5 Å². The van der Waals surface area contributed by atoms with Gasteiger partial charge in [-0.3, -0.25) is 4.79 Å². The van der Waals surface area contributed by atoms with Crippen molar-refractivity contribution in [1.82, 2.24) is 5.43 Å². The van der Waals surface area contributed by atoms with Gasteiger partial charge in [0.15, 0.2) is 11.5 Å². The number of amides is 1. The molecule has 0 aliphatic heterocycles.